The quantitative estimate of drug-likeness (QED) is 0.757. The van der Waals surface area contributed by atoms with Crippen LogP contribution in [-0.2, 0) is 17.9 Å². The third kappa shape index (κ3) is 4.46. The van der Waals surface area contributed by atoms with Gasteiger partial charge in [-0.1, -0.05) is 0 Å². The van der Waals surface area contributed by atoms with Gasteiger partial charge in [0.25, 0.3) is 0 Å². The molecule has 1 aliphatic heterocycles. The van der Waals surface area contributed by atoms with E-state index in [1.807, 2.05) is 12.1 Å². The first-order valence-electron chi connectivity index (χ1n) is 7.34. The molecular weight excluding hydrogens is 316 g/mol. The Morgan fingerprint density at radius 1 is 1.27 bits per heavy atom. The van der Waals surface area contributed by atoms with Crippen LogP contribution < -0.4 is 4.74 Å². The first kappa shape index (κ1) is 15.8. The third-order valence-corrected chi connectivity index (χ3v) is 5.13. The van der Waals surface area contributed by atoms with Gasteiger partial charge in [-0.05, 0) is 30.5 Å². The average Bonchev–Trinajstić information content (AvgIpc) is 3.02. The SMILES string of the molecule is CSc1ccc(OCc2nc(CN3CCOCC3)cs2)cc1. The van der Waals surface area contributed by atoms with E-state index in [0.717, 1.165) is 49.3 Å². The van der Waals surface area contributed by atoms with Crippen LogP contribution in [-0.4, -0.2) is 42.4 Å². The lowest BCUT2D eigenvalue weighted by Gasteiger charge is -2.25. The van der Waals surface area contributed by atoms with Gasteiger partial charge in [-0.25, -0.2) is 4.98 Å². The van der Waals surface area contributed by atoms with Crippen LogP contribution in [0.4, 0.5) is 0 Å². The maximum absolute atomic E-state index is 5.80. The molecule has 0 N–H and O–H groups in total. The molecule has 0 spiro atoms. The normalized spacial score (nSPS) is 15.9. The van der Waals surface area contributed by atoms with Crippen LogP contribution in [0.1, 0.15) is 10.7 Å². The maximum Gasteiger partial charge on any atom is 0.140 e. The fraction of sp³-hybridized carbons (Fsp3) is 0.438. The van der Waals surface area contributed by atoms with Gasteiger partial charge in [-0.2, -0.15) is 0 Å². The van der Waals surface area contributed by atoms with Crippen molar-refractivity contribution in [2.75, 3.05) is 32.6 Å². The summed E-state index contributed by atoms with van der Waals surface area (Å²) in [5.41, 5.74) is 1.13. The molecule has 0 radical (unpaired) electrons. The van der Waals surface area contributed by atoms with E-state index in [0.29, 0.717) is 6.61 Å². The van der Waals surface area contributed by atoms with Gasteiger partial charge >= 0.3 is 0 Å². The van der Waals surface area contributed by atoms with Gasteiger partial charge in [0.05, 0.1) is 18.9 Å². The minimum Gasteiger partial charge on any atom is -0.486 e. The lowest BCUT2D eigenvalue weighted by molar-refractivity contribution is 0.0337. The highest BCUT2D eigenvalue weighted by Gasteiger charge is 2.12. The van der Waals surface area contributed by atoms with Gasteiger partial charge in [0, 0.05) is 29.9 Å². The lowest BCUT2D eigenvalue weighted by Crippen LogP contribution is -2.35. The van der Waals surface area contributed by atoms with Crippen LogP contribution in [0, 0.1) is 0 Å². The zero-order valence-electron chi connectivity index (χ0n) is 12.7. The van der Waals surface area contributed by atoms with Gasteiger partial charge in [-0.15, -0.1) is 23.1 Å². The summed E-state index contributed by atoms with van der Waals surface area (Å²) in [6.07, 6.45) is 2.07. The number of rotatable bonds is 6. The highest BCUT2D eigenvalue weighted by atomic mass is 32.2. The van der Waals surface area contributed by atoms with Crippen molar-refractivity contribution in [3.8, 4) is 5.75 Å². The number of nitrogens with zero attached hydrogens (tertiary/aromatic N) is 2. The Hall–Kier alpha value is -1.08. The minimum absolute atomic E-state index is 0.534. The molecular formula is C16H20N2O2S2. The van der Waals surface area contributed by atoms with E-state index in [1.54, 1.807) is 23.1 Å². The molecule has 1 saturated heterocycles. The summed E-state index contributed by atoms with van der Waals surface area (Å²) in [4.78, 5) is 8.28. The zero-order chi connectivity index (χ0) is 15.2. The Kier molecular flexibility index (Phi) is 5.72. The standard InChI is InChI=1S/C16H20N2O2S2/c1-21-15-4-2-14(3-5-15)20-11-16-17-13(12-22-16)10-18-6-8-19-9-7-18/h2-5,12H,6-11H2,1H3. The molecule has 0 saturated carbocycles. The van der Waals surface area contributed by atoms with Crippen LogP contribution in [0.15, 0.2) is 34.5 Å². The summed E-state index contributed by atoms with van der Waals surface area (Å²) >= 11 is 3.40. The van der Waals surface area contributed by atoms with Crippen molar-refractivity contribution in [3.05, 3.63) is 40.3 Å². The molecule has 1 fully saturated rings. The molecule has 1 aliphatic rings. The first-order chi connectivity index (χ1) is 10.8. The third-order valence-electron chi connectivity index (χ3n) is 3.51. The number of ether oxygens (including phenoxy) is 2. The molecule has 2 aromatic rings. The van der Waals surface area contributed by atoms with Crippen molar-refractivity contribution in [1.29, 1.82) is 0 Å². The minimum atomic E-state index is 0.534. The van der Waals surface area contributed by atoms with E-state index in [-0.39, 0.29) is 0 Å². The zero-order valence-corrected chi connectivity index (χ0v) is 14.3. The molecule has 22 heavy (non-hydrogen) atoms. The number of thioether (sulfide) groups is 1. The molecule has 0 aliphatic carbocycles. The van der Waals surface area contributed by atoms with Crippen molar-refractivity contribution in [2.24, 2.45) is 0 Å². The van der Waals surface area contributed by atoms with E-state index >= 15 is 0 Å². The topological polar surface area (TPSA) is 34.6 Å². The molecule has 2 heterocycles. The molecule has 1 aromatic carbocycles. The maximum atomic E-state index is 5.80. The highest BCUT2D eigenvalue weighted by Crippen LogP contribution is 2.20. The largest absolute Gasteiger partial charge is 0.486 e. The number of benzene rings is 1. The number of hydrogen-bond donors (Lipinski definition) is 0. The smallest absolute Gasteiger partial charge is 0.140 e. The van der Waals surface area contributed by atoms with Gasteiger partial charge in [0.1, 0.15) is 17.4 Å². The second-order valence-corrected chi connectivity index (χ2v) is 6.91. The van der Waals surface area contributed by atoms with Crippen molar-refractivity contribution in [3.63, 3.8) is 0 Å². The van der Waals surface area contributed by atoms with Gasteiger partial charge in [0.15, 0.2) is 0 Å². The first-order valence-corrected chi connectivity index (χ1v) is 9.44. The molecule has 4 nitrogen and oxygen atoms in total. The van der Waals surface area contributed by atoms with Crippen molar-refractivity contribution in [1.82, 2.24) is 9.88 Å². The predicted molar refractivity (Wildman–Crippen MR) is 90.8 cm³/mol. The van der Waals surface area contributed by atoms with Crippen molar-refractivity contribution < 1.29 is 9.47 Å². The molecule has 0 bridgehead atoms. The van der Waals surface area contributed by atoms with Gasteiger partial charge in [-0.3, -0.25) is 4.90 Å². The average molecular weight is 336 g/mol. The molecule has 0 atom stereocenters. The van der Waals surface area contributed by atoms with Crippen molar-refractivity contribution in [2.45, 2.75) is 18.0 Å². The molecule has 6 heteroatoms. The van der Waals surface area contributed by atoms with Gasteiger partial charge in [0.2, 0.25) is 0 Å². The molecule has 3 rings (SSSR count). The Labute approximate surface area is 139 Å². The fourth-order valence-corrected chi connectivity index (χ4v) is 3.40. The summed E-state index contributed by atoms with van der Waals surface area (Å²) < 4.78 is 11.2. The van der Waals surface area contributed by atoms with Crippen molar-refractivity contribution >= 4 is 23.1 Å². The second-order valence-electron chi connectivity index (χ2n) is 5.09. The van der Waals surface area contributed by atoms with Crippen LogP contribution in [0.2, 0.25) is 0 Å². The Bertz CT molecular complexity index is 580. The van der Waals surface area contributed by atoms with Crippen LogP contribution in [0.25, 0.3) is 0 Å². The number of hydrogen-bond acceptors (Lipinski definition) is 6. The highest BCUT2D eigenvalue weighted by molar-refractivity contribution is 7.98. The summed E-state index contributed by atoms with van der Waals surface area (Å²) in [5.74, 6) is 0.891. The number of morpholine rings is 1. The summed E-state index contributed by atoms with van der Waals surface area (Å²) in [6, 6.07) is 8.17. The van der Waals surface area contributed by atoms with E-state index in [1.165, 1.54) is 4.90 Å². The van der Waals surface area contributed by atoms with Crippen LogP contribution in [0.5, 0.6) is 5.75 Å². The summed E-state index contributed by atoms with van der Waals surface area (Å²) in [6.45, 7) is 5.07. The Morgan fingerprint density at radius 2 is 2.05 bits per heavy atom. The summed E-state index contributed by atoms with van der Waals surface area (Å²) in [5, 5.41) is 3.16. The molecule has 1 aromatic heterocycles. The van der Waals surface area contributed by atoms with E-state index < -0.39 is 0 Å². The van der Waals surface area contributed by atoms with E-state index in [9.17, 15) is 0 Å². The predicted octanol–water partition coefficient (Wildman–Crippen LogP) is 3.28. The summed E-state index contributed by atoms with van der Waals surface area (Å²) in [7, 11) is 0. The second kappa shape index (κ2) is 7.97. The van der Waals surface area contributed by atoms with Crippen LogP contribution >= 0.6 is 23.1 Å². The fourth-order valence-electron chi connectivity index (χ4n) is 2.29. The monoisotopic (exact) mass is 336 g/mol. The Balaban J connectivity index is 1.50. The molecule has 0 amide bonds. The van der Waals surface area contributed by atoms with Gasteiger partial charge < -0.3 is 9.47 Å². The Morgan fingerprint density at radius 3 is 2.77 bits per heavy atom. The number of aromatic nitrogens is 1. The lowest BCUT2D eigenvalue weighted by atomic mass is 10.3. The van der Waals surface area contributed by atoms with E-state index in [2.05, 4.69) is 33.7 Å². The van der Waals surface area contributed by atoms with Crippen LogP contribution in [0.3, 0.4) is 0 Å². The number of thiazole rings is 1. The van der Waals surface area contributed by atoms with E-state index in [4.69, 9.17) is 9.47 Å². The molecule has 118 valence electrons. The molecule has 0 unspecified atom stereocenters.